The van der Waals surface area contributed by atoms with Gasteiger partial charge in [0.25, 0.3) is 0 Å². The lowest BCUT2D eigenvalue weighted by atomic mass is 9.88. The van der Waals surface area contributed by atoms with E-state index in [9.17, 15) is 9.59 Å². The van der Waals surface area contributed by atoms with Gasteiger partial charge in [0.15, 0.2) is 17.5 Å². The zero-order valence-electron chi connectivity index (χ0n) is 19.9. The van der Waals surface area contributed by atoms with E-state index in [0.717, 1.165) is 5.69 Å². The third-order valence-electron chi connectivity index (χ3n) is 6.25. The van der Waals surface area contributed by atoms with Crippen molar-refractivity contribution in [2.24, 2.45) is 4.99 Å². The van der Waals surface area contributed by atoms with Crippen LogP contribution in [0.5, 0.6) is 0 Å². The van der Waals surface area contributed by atoms with E-state index < -0.39 is 5.91 Å². The van der Waals surface area contributed by atoms with Gasteiger partial charge in [-0.25, -0.2) is 9.97 Å². The number of amides is 2. The number of likely N-dealkylation sites (tertiary alicyclic amines) is 1. The average Bonchev–Trinajstić information content (AvgIpc) is 3.38. The molecule has 4 heterocycles. The van der Waals surface area contributed by atoms with Crippen LogP contribution in [0.2, 0.25) is 0 Å². The summed E-state index contributed by atoms with van der Waals surface area (Å²) in [7, 11) is 0. The molecular weight excluding hydrogens is 438 g/mol. The first kappa shape index (κ1) is 23.5. The number of aryl methyl sites for hydroxylation is 1. The zero-order valence-corrected chi connectivity index (χ0v) is 19.9. The summed E-state index contributed by atoms with van der Waals surface area (Å²) in [5.41, 5.74) is 12.3. The molecule has 2 aromatic rings. The number of hydrogen-bond donors (Lipinski definition) is 4. The molecule has 0 aliphatic carbocycles. The van der Waals surface area contributed by atoms with E-state index in [2.05, 4.69) is 30.8 Å². The van der Waals surface area contributed by atoms with Gasteiger partial charge in [-0.1, -0.05) is 25.9 Å². The maximum atomic E-state index is 12.8. The number of aromatic nitrogens is 3. The van der Waals surface area contributed by atoms with Gasteiger partial charge in [-0.15, -0.1) is 0 Å². The number of nitrogen functional groups attached to an aromatic ring is 2. The van der Waals surface area contributed by atoms with Gasteiger partial charge in [0.05, 0.1) is 23.3 Å². The molecule has 12 nitrogen and oxygen atoms in total. The monoisotopic (exact) mass is 469 g/mol. The van der Waals surface area contributed by atoms with Crippen molar-refractivity contribution in [3.63, 3.8) is 0 Å². The Morgan fingerprint density at radius 2 is 1.91 bits per heavy atom. The highest BCUT2D eigenvalue weighted by Crippen LogP contribution is 2.26. The molecule has 182 valence electrons. The SMILES string of the molecule is Cc1nc(C(=O)/N=C2\NCC3(CCN(C(=O)Cc4cc(C(C)(C)C)no4)CC3)N2)c(N)nc1N. The maximum absolute atomic E-state index is 12.8. The second-order valence-corrected chi connectivity index (χ2v) is 9.94. The molecule has 0 saturated carbocycles. The lowest BCUT2D eigenvalue weighted by Gasteiger charge is -2.38. The molecule has 4 rings (SSSR count). The Morgan fingerprint density at radius 1 is 1.21 bits per heavy atom. The number of carbonyl (C=O) groups is 2. The molecule has 0 unspecified atom stereocenters. The van der Waals surface area contributed by atoms with Crippen LogP contribution in [-0.4, -0.2) is 63.0 Å². The van der Waals surface area contributed by atoms with Crippen molar-refractivity contribution in [3.05, 3.63) is 28.9 Å². The number of piperidine rings is 1. The van der Waals surface area contributed by atoms with E-state index in [-0.39, 0.29) is 40.6 Å². The van der Waals surface area contributed by atoms with E-state index in [0.29, 0.717) is 49.9 Å². The van der Waals surface area contributed by atoms with Gasteiger partial charge < -0.3 is 31.5 Å². The standard InChI is InChI=1S/C22H31N9O3/c1-12-17(23)27-18(24)16(26-12)19(33)28-20-25-11-22(29-20)5-7-31(8-6-22)15(32)10-13-9-14(30-34-13)21(2,3)4/h9H,5-8,10-11H2,1-4H3,(H4,23,24,27)(H2,25,28,29,33). The van der Waals surface area contributed by atoms with Crippen LogP contribution in [0.15, 0.2) is 15.6 Å². The lowest BCUT2D eigenvalue weighted by Crippen LogP contribution is -2.54. The molecule has 0 radical (unpaired) electrons. The van der Waals surface area contributed by atoms with E-state index in [1.807, 2.05) is 31.7 Å². The Labute approximate surface area is 197 Å². The maximum Gasteiger partial charge on any atom is 0.302 e. The third-order valence-corrected chi connectivity index (χ3v) is 6.25. The average molecular weight is 470 g/mol. The number of guanidine groups is 1. The minimum absolute atomic E-state index is 0.00857. The molecule has 0 aromatic carbocycles. The van der Waals surface area contributed by atoms with Crippen LogP contribution in [0.4, 0.5) is 11.6 Å². The number of anilines is 2. The molecule has 2 aliphatic heterocycles. The lowest BCUT2D eigenvalue weighted by molar-refractivity contribution is -0.132. The van der Waals surface area contributed by atoms with Crippen LogP contribution in [-0.2, 0) is 16.6 Å². The summed E-state index contributed by atoms with van der Waals surface area (Å²) in [6, 6.07) is 1.85. The molecule has 34 heavy (non-hydrogen) atoms. The van der Waals surface area contributed by atoms with Gasteiger partial charge in [-0.3, -0.25) is 9.59 Å². The normalized spacial score (nSPS) is 18.7. The highest BCUT2D eigenvalue weighted by atomic mass is 16.5. The number of carbonyl (C=O) groups excluding carboxylic acids is 2. The summed E-state index contributed by atoms with van der Waals surface area (Å²) in [4.78, 5) is 39.3. The van der Waals surface area contributed by atoms with Crippen LogP contribution in [0.25, 0.3) is 0 Å². The van der Waals surface area contributed by atoms with Gasteiger partial charge >= 0.3 is 5.91 Å². The second kappa shape index (κ2) is 8.58. The molecule has 0 bridgehead atoms. The van der Waals surface area contributed by atoms with Crippen molar-refractivity contribution < 1.29 is 14.1 Å². The van der Waals surface area contributed by atoms with Crippen molar-refractivity contribution in [1.82, 2.24) is 30.7 Å². The predicted molar refractivity (Wildman–Crippen MR) is 126 cm³/mol. The van der Waals surface area contributed by atoms with Gasteiger partial charge in [-0.05, 0) is 19.8 Å². The van der Waals surface area contributed by atoms with Crippen LogP contribution in [0.1, 0.15) is 61.2 Å². The van der Waals surface area contributed by atoms with Gasteiger partial charge in [0.1, 0.15) is 11.6 Å². The summed E-state index contributed by atoms with van der Waals surface area (Å²) in [6.45, 7) is 9.57. The molecule has 2 aliphatic rings. The Balaban J connectivity index is 1.34. The summed E-state index contributed by atoms with van der Waals surface area (Å²) < 4.78 is 5.36. The fourth-order valence-electron chi connectivity index (χ4n) is 4.01. The van der Waals surface area contributed by atoms with Gasteiger partial charge in [-0.2, -0.15) is 4.99 Å². The van der Waals surface area contributed by atoms with E-state index >= 15 is 0 Å². The topological polar surface area (TPSA) is 178 Å². The Kier molecular flexibility index (Phi) is 5.92. The zero-order chi connectivity index (χ0) is 24.7. The first-order valence-corrected chi connectivity index (χ1v) is 11.2. The summed E-state index contributed by atoms with van der Waals surface area (Å²) in [5, 5.41) is 10.5. The number of hydrogen-bond acceptors (Lipinski definition) is 8. The molecule has 12 heteroatoms. The number of nitrogens with one attached hydrogen (secondary N) is 2. The first-order chi connectivity index (χ1) is 16.0. The van der Waals surface area contributed by atoms with Gasteiger partial charge in [0.2, 0.25) is 5.91 Å². The summed E-state index contributed by atoms with van der Waals surface area (Å²) in [5.74, 6) is 0.458. The predicted octanol–water partition coefficient (Wildman–Crippen LogP) is 0.528. The van der Waals surface area contributed by atoms with E-state index in [4.69, 9.17) is 16.0 Å². The molecule has 2 saturated heterocycles. The molecular formula is C22H31N9O3. The smallest absolute Gasteiger partial charge is 0.302 e. The molecule has 2 amide bonds. The summed E-state index contributed by atoms with van der Waals surface area (Å²) in [6.07, 6.45) is 1.61. The molecule has 1 spiro atoms. The van der Waals surface area contributed by atoms with Gasteiger partial charge in [0, 0.05) is 31.1 Å². The van der Waals surface area contributed by atoms with Crippen molar-refractivity contribution in [2.45, 2.75) is 57.9 Å². The number of nitrogens with zero attached hydrogens (tertiary/aromatic N) is 5. The van der Waals surface area contributed by atoms with Crippen molar-refractivity contribution in [2.75, 3.05) is 31.1 Å². The Hall–Kier alpha value is -3.70. The molecule has 2 fully saturated rings. The molecule has 2 aromatic heterocycles. The minimum Gasteiger partial charge on any atom is -0.382 e. The Bertz CT molecular complexity index is 1140. The quantitative estimate of drug-likeness (QED) is 0.495. The van der Waals surface area contributed by atoms with Crippen molar-refractivity contribution in [3.8, 4) is 0 Å². The van der Waals surface area contributed by atoms with Crippen LogP contribution >= 0.6 is 0 Å². The Morgan fingerprint density at radius 3 is 2.56 bits per heavy atom. The summed E-state index contributed by atoms with van der Waals surface area (Å²) >= 11 is 0. The fourth-order valence-corrected chi connectivity index (χ4v) is 4.01. The minimum atomic E-state index is -0.602. The van der Waals surface area contributed by atoms with Crippen molar-refractivity contribution >= 4 is 29.4 Å². The third kappa shape index (κ3) is 4.80. The highest BCUT2D eigenvalue weighted by Gasteiger charge is 2.41. The molecule has 6 N–H and O–H groups in total. The van der Waals surface area contributed by atoms with Crippen LogP contribution in [0.3, 0.4) is 0 Å². The van der Waals surface area contributed by atoms with E-state index in [1.54, 1.807) is 6.92 Å². The number of nitrogens with two attached hydrogens (primary N) is 2. The largest absolute Gasteiger partial charge is 0.382 e. The first-order valence-electron chi connectivity index (χ1n) is 11.2. The number of rotatable bonds is 3. The molecule has 0 atom stereocenters. The van der Waals surface area contributed by atoms with Crippen LogP contribution in [0, 0.1) is 6.92 Å². The van der Waals surface area contributed by atoms with Crippen molar-refractivity contribution in [1.29, 1.82) is 0 Å². The highest BCUT2D eigenvalue weighted by molar-refractivity contribution is 6.04. The second-order valence-electron chi connectivity index (χ2n) is 9.94. The number of aliphatic imine (C=N–C) groups is 1. The fraction of sp³-hybridized carbons (Fsp3) is 0.545. The van der Waals surface area contributed by atoms with Crippen LogP contribution < -0.4 is 22.1 Å². The van der Waals surface area contributed by atoms with E-state index in [1.165, 1.54) is 0 Å².